The van der Waals surface area contributed by atoms with Crippen LogP contribution in [-0.2, 0) is 0 Å². The minimum absolute atomic E-state index is 0.0618. The number of nitriles is 1. The number of aryl methyl sites for hydroxylation is 1. The Morgan fingerprint density at radius 2 is 2.12 bits per heavy atom. The van der Waals surface area contributed by atoms with Crippen LogP contribution in [0.3, 0.4) is 0 Å². The van der Waals surface area contributed by atoms with Crippen molar-refractivity contribution in [3.63, 3.8) is 0 Å². The number of nitrogens with zero attached hydrogens (tertiary/aromatic N) is 6. The molecular weight excluding hydrogens is 328 g/mol. The standard InChI is InChI=1S/C15H18N6O2S/c1-9-10(2)12(6-16)15(17-11(9)3)24-8-13(22)18-14-7-21(19-23-14)20(4)5/h7H,8H2,1-5H3. The van der Waals surface area contributed by atoms with Crippen molar-refractivity contribution in [3.05, 3.63) is 28.6 Å². The summed E-state index contributed by atoms with van der Waals surface area (Å²) in [5.74, 6) is -0.200. The van der Waals surface area contributed by atoms with Crippen molar-refractivity contribution in [3.8, 4) is 6.07 Å². The van der Waals surface area contributed by atoms with Gasteiger partial charge in [0.15, 0.2) is 0 Å². The molecule has 0 amide bonds. The van der Waals surface area contributed by atoms with Gasteiger partial charge in [-0.05, 0) is 37.8 Å². The average molecular weight is 346 g/mol. The Hall–Kier alpha value is -2.60. The first-order valence-corrected chi connectivity index (χ1v) is 8.13. The Morgan fingerprint density at radius 1 is 1.42 bits per heavy atom. The van der Waals surface area contributed by atoms with Gasteiger partial charge in [0.1, 0.15) is 11.1 Å². The fourth-order valence-corrected chi connectivity index (χ4v) is 2.77. The maximum absolute atomic E-state index is 12.0. The third kappa shape index (κ3) is 3.83. The molecule has 0 radical (unpaired) electrons. The molecule has 0 aliphatic rings. The summed E-state index contributed by atoms with van der Waals surface area (Å²) in [7, 11) is 3.56. The predicted molar refractivity (Wildman–Crippen MR) is 87.7 cm³/mol. The third-order valence-electron chi connectivity index (χ3n) is 3.50. The zero-order valence-corrected chi connectivity index (χ0v) is 15.0. The Morgan fingerprint density at radius 3 is 2.71 bits per heavy atom. The minimum Gasteiger partial charge on any atom is -0.861 e. The van der Waals surface area contributed by atoms with E-state index in [1.807, 2.05) is 20.8 Å². The molecule has 0 aromatic carbocycles. The average Bonchev–Trinajstić information content (AvgIpc) is 2.99. The molecule has 8 nitrogen and oxygen atoms in total. The summed E-state index contributed by atoms with van der Waals surface area (Å²) in [6.45, 7) is 5.69. The molecule has 0 unspecified atom stereocenters. The highest BCUT2D eigenvalue weighted by atomic mass is 32.2. The molecule has 2 aromatic rings. The summed E-state index contributed by atoms with van der Waals surface area (Å²) in [6, 6.07) is 2.16. The number of aromatic nitrogens is 3. The largest absolute Gasteiger partial charge is 0.861 e. The van der Waals surface area contributed by atoms with Crippen LogP contribution in [0.25, 0.3) is 0 Å². The molecule has 0 N–H and O–H groups in total. The van der Waals surface area contributed by atoms with Crippen LogP contribution in [0, 0.1) is 32.1 Å². The molecule has 0 aliphatic carbocycles. The molecule has 2 rings (SSSR count). The number of aliphatic imine (C=N–C) groups is 1. The van der Waals surface area contributed by atoms with Gasteiger partial charge in [-0.3, -0.25) is 4.52 Å². The van der Waals surface area contributed by atoms with Crippen molar-refractivity contribution < 1.29 is 14.4 Å². The first kappa shape index (κ1) is 17.7. The van der Waals surface area contributed by atoms with Crippen molar-refractivity contribution in [1.29, 1.82) is 5.26 Å². The number of hydrogen-bond donors (Lipinski definition) is 0. The van der Waals surface area contributed by atoms with Crippen molar-refractivity contribution in [1.82, 2.24) is 10.3 Å². The van der Waals surface area contributed by atoms with Gasteiger partial charge in [-0.2, -0.15) is 10.3 Å². The van der Waals surface area contributed by atoms with Gasteiger partial charge in [0.2, 0.25) is 5.27 Å². The molecule has 0 aliphatic heterocycles. The molecule has 24 heavy (non-hydrogen) atoms. The van der Waals surface area contributed by atoms with E-state index in [2.05, 4.69) is 21.3 Å². The molecule has 0 spiro atoms. The van der Waals surface area contributed by atoms with E-state index < -0.39 is 0 Å². The number of pyridine rings is 1. The quantitative estimate of drug-likeness (QED) is 0.336. The van der Waals surface area contributed by atoms with Crippen LogP contribution in [-0.4, -0.2) is 36.0 Å². The fourth-order valence-electron chi connectivity index (χ4n) is 1.90. The monoisotopic (exact) mass is 346 g/mol. The Labute approximate surface area is 144 Å². The first-order valence-electron chi connectivity index (χ1n) is 7.15. The van der Waals surface area contributed by atoms with E-state index in [1.165, 1.54) is 22.7 Å². The maximum Gasteiger partial charge on any atom is 0.324 e. The van der Waals surface area contributed by atoms with Crippen LogP contribution < -0.4 is 14.9 Å². The highest BCUT2D eigenvalue weighted by molar-refractivity contribution is 7.99. The lowest BCUT2D eigenvalue weighted by Crippen LogP contribution is -2.53. The Bertz CT molecular complexity index is 822. The smallest absolute Gasteiger partial charge is 0.324 e. The van der Waals surface area contributed by atoms with E-state index >= 15 is 0 Å². The van der Waals surface area contributed by atoms with E-state index in [0.29, 0.717) is 10.6 Å². The lowest BCUT2D eigenvalue weighted by atomic mass is 10.1. The highest BCUT2D eigenvalue weighted by Gasteiger charge is 2.14. The van der Waals surface area contributed by atoms with Crippen molar-refractivity contribution in [2.75, 3.05) is 24.9 Å². The molecule has 0 saturated heterocycles. The lowest BCUT2D eigenvalue weighted by molar-refractivity contribution is -0.753. The van der Waals surface area contributed by atoms with Crippen LogP contribution in [0.2, 0.25) is 0 Å². The zero-order valence-electron chi connectivity index (χ0n) is 14.2. The maximum atomic E-state index is 12.0. The van der Waals surface area contributed by atoms with Gasteiger partial charge in [-0.1, -0.05) is 11.8 Å². The van der Waals surface area contributed by atoms with Gasteiger partial charge in [-0.25, -0.2) is 9.98 Å². The zero-order chi connectivity index (χ0) is 17.9. The summed E-state index contributed by atoms with van der Waals surface area (Å²) >= 11 is 1.19. The summed E-state index contributed by atoms with van der Waals surface area (Å²) in [6.07, 6.45) is 1.50. The van der Waals surface area contributed by atoms with Crippen LogP contribution in [0.1, 0.15) is 22.4 Å². The molecule has 9 heteroatoms. The van der Waals surface area contributed by atoms with E-state index in [4.69, 9.17) is 4.52 Å². The second-order valence-corrected chi connectivity index (χ2v) is 6.31. The van der Waals surface area contributed by atoms with Crippen molar-refractivity contribution in [2.45, 2.75) is 25.8 Å². The van der Waals surface area contributed by atoms with Gasteiger partial charge in [0.05, 0.1) is 24.4 Å². The van der Waals surface area contributed by atoms with E-state index in [-0.39, 0.29) is 17.5 Å². The van der Waals surface area contributed by atoms with Crippen LogP contribution in [0.5, 0.6) is 0 Å². The summed E-state index contributed by atoms with van der Waals surface area (Å²) in [5.41, 5.74) is 3.22. The highest BCUT2D eigenvalue weighted by Crippen LogP contribution is 2.26. The van der Waals surface area contributed by atoms with Crippen LogP contribution in [0.4, 0.5) is 5.88 Å². The van der Waals surface area contributed by atoms with E-state index in [9.17, 15) is 10.4 Å². The lowest BCUT2D eigenvalue weighted by Gasteiger charge is -2.12. The predicted octanol–water partition coefficient (Wildman–Crippen LogP) is 0.534. The number of hydrogen-bond acceptors (Lipinski definition) is 8. The second-order valence-electron chi connectivity index (χ2n) is 5.34. The minimum atomic E-state index is -0.386. The fraction of sp³-hybridized carbons (Fsp3) is 0.400. The molecular formula is C15H18N6O2S. The Kier molecular flexibility index (Phi) is 5.41. The van der Waals surface area contributed by atoms with Gasteiger partial charge >= 0.3 is 5.88 Å². The van der Waals surface area contributed by atoms with Crippen molar-refractivity contribution >= 4 is 23.5 Å². The summed E-state index contributed by atoms with van der Waals surface area (Å²) < 4.78 is 4.95. The van der Waals surface area contributed by atoms with Gasteiger partial charge in [-0.15, -0.1) is 0 Å². The molecule has 0 saturated carbocycles. The van der Waals surface area contributed by atoms with Gasteiger partial charge < -0.3 is 5.11 Å². The summed E-state index contributed by atoms with van der Waals surface area (Å²) in [4.78, 5) is 9.68. The second kappa shape index (κ2) is 7.31. The molecule has 0 fully saturated rings. The van der Waals surface area contributed by atoms with Crippen LogP contribution >= 0.6 is 11.8 Å². The van der Waals surface area contributed by atoms with Crippen molar-refractivity contribution in [2.24, 2.45) is 4.99 Å². The normalized spacial score (nSPS) is 11.4. The van der Waals surface area contributed by atoms with E-state index in [1.54, 1.807) is 19.1 Å². The molecule has 2 aromatic heterocycles. The van der Waals surface area contributed by atoms with Gasteiger partial charge in [0, 0.05) is 11.4 Å². The third-order valence-corrected chi connectivity index (χ3v) is 4.46. The molecule has 2 heterocycles. The Balaban J connectivity index is 2.15. The van der Waals surface area contributed by atoms with Crippen LogP contribution in [0.15, 0.2) is 20.7 Å². The summed E-state index contributed by atoms with van der Waals surface area (Å²) in [5, 5.41) is 27.2. The molecule has 0 atom stereocenters. The number of thioether (sulfide) groups is 1. The number of rotatable bonds is 5. The van der Waals surface area contributed by atoms with E-state index in [0.717, 1.165) is 16.8 Å². The first-order chi connectivity index (χ1) is 11.3. The SMILES string of the molecule is Cc1nc(SC/C([O-])=N\c2c[n+](N(C)C)no2)c(C#N)c(C)c1C. The van der Waals surface area contributed by atoms with Gasteiger partial charge in [0.25, 0.3) is 6.20 Å². The topological polar surface area (TPSA) is 105 Å². The molecule has 126 valence electrons. The molecule has 0 bridgehead atoms.